The van der Waals surface area contributed by atoms with Crippen molar-refractivity contribution in [1.82, 2.24) is 4.98 Å². The zero-order valence-corrected chi connectivity index (χ0v) is 12.3. The number of H-pyrrole nitrogens is 1. The number of rotatable bonds is 1. The molecule has 1 nitrogen and oxygen atoms in total. The molecular weight excluding hydrogens is 310 g/mol. The van der Waals surface area contributed by atoms with Gasteiger partial charge in [0, 0.05) is 26.3 Å². The molecule has 0 bridgehead atoms. The minimum absolute atomic E-state index is 1.11. The van der Waals surface area contributed by atoms with E-state index in [0.29, 0.717) is 0 Å². The van der Waals surface area contributed by atoms with E-state index in [1.54, 1.807) is 0 Å². The van der Waals surface area contributed by atoms with Crippen LogP contribution in [0, 0.1) is 0 Å². The van der Waals surface area contributed by atoms with Crippen LogP contribution in [0.15, 0.2) is 71.2 Å². The predicted octanol–water partition coefficient (Wildman–Crippen LogP) is 5.75. The number of benzene rings is 3. The second-order valence-electron chi connectivity index (χ2n) is 4.91. The first kappa shape index (κ1) is 11.7. The van der Waals surface area contributed by atoms with Gasteiger partial charge in [-0.05, 0) is 23.8 Å². The number of fused-ring (bicyclic) bond motifs is 3. The second kappa shape index (κ2) is 4.50. The highest BCUT2D eigenvalue weighted by Gasteiger charge is 2.09. The van der Waals surface area contributed by atoms with E-state index in [0.717, 1.165) is 4.47 Å². The highest BCUT2D eigenvalue weighted by Crippen LogP contribution is 2.34. The van der Waals surface area contributed by atoms with Crippen LogP contribution in [0.5, 0.6) is 0 Å². The molecule has 0 radical (unpaired) electrons. The molecule has 1 aromatic heterocycles. The Balaban J connectivity index is 2.11. The molecule has 4 aromatic rings. The molecule has 0 unspecified atom stereocenters. The van der Waals surface area contributed by atoms with E-state index in [4.69, 9.17) is 0 Å². The lowest BCUT2D eigenvalue weighted by atomic mass is 10.0. The van der Waals surface area contributed by atoms with Crippen molar-refractivity contribution >= 4 is 37.7 Å². The van der Waals surface area contributed by atoms with Crippen LogP contribution in [-0.2, 0) is 0 Å². The third kappa shape index (κ3) is 1.76. The Labute approximate surface area is 125 Å². The number of aromatic nitrogens is 1. The highest BCUT2D eigenvalue weighted by molar-refractivity contribution is 9.10. The highest BCUT2D eigenvalue weighted by atomic mass is 79.9. The first-order chi connectivity index (χ1) is 9.83. The predicted molar refractivity (Wildman–Crippen MR) is 88.9 cm³/mol. The van der Waals surface area contributed by atoms with Gasteiger partial charge < -0.3 is 4.98 Å². The third-order valence-corrected chi connectivity index (χ3v) is 4.17. The van der Waals surface area contributed by atoms with Crippen molar-refractivity contribution in [3.63, 3.8) is 0 Å². The summed E-state index contributed by atoms with van der Waals surface area (Å²) in [4.78, 5) is 3.55. The molecule has 3 aromatic carbocycles. The molecule has 0 aliphatic heterocycles. The summed E-state index contributed by atoms with van der Waals surface area (Å²) in [5.41, 5.74) is 4.86. The maximum atomic E-state index is 3.55. The van der Waals surface area contributed by atoms with E-state index in [1.807, 2.05) is 6.07 Å². The van der Waals surface area contributed by atoms with Crippen LogP contribution in [0.4, 0.5) is 0 Å². The van der Waals surface area contributed by atoms with Gasteiger partial charge in [0.25, 0.3) is 0 Å². The molecule has 0 fully saturated rings. The van der Waals surface area contributed by atoms with Gasteiger partial charge in [0.2, 0.25) is 0 Å². The summed E-state index contributed by atoms with van der Waals surface area (Å²) >= 11 is 3.55. The molecule has 0 saturated carbocycles. The Morgan fingerprint density at radius 1 is 0.750 bits per heavy atom. The summed E-state index contributed by atoms with van der Waals surface area (Å²) in [5.74, 6) is 0. The van der Waals surface area contributed by atoms with Gasteiger partial charge >= 0.3 is 0 Å². The summed E-state index contributed by atoms with van der Waals surface area (Å²) < 4.78 is 1.11. The fraction of sp³-hybridized carbons (Fsp3) is 0. The Morgan fingerprint density at radius 3 is 2.45 bits per heavy atom. The van der Waals surface area contributed by atoms with Gasteiger partial charge in [0.05, 0.1) is 5.52 Å². The van der Waals surface area contributed by atoms with Gasteiger partial charge in [0.1, 0.15) is 0 Å². The van der Waals surface area contributed by atoms with Gasteiger partial charge in [0.15, 0.2) is 0 Å². The van der Waals surface area contributed by atoms with Crippen molar-refractivity contribution in [2.45, 2.75) is 0 Å². The molecule has 96 valence electrons. The average Bonchev–Trinajstić information content (AvgIpc) is 2.86. The molecule has 1 heterocycles. The molecule has 0 spiro atoms. The van der Waals surface area contributed by atoms with Gasteiger partial charge in [-0.25, -0.2) is 0 Å². The molecule has 0 aliphatic rings. The van der Waals surface area contributed by atoms with Gasteiger partial charge in [-0.15, -0.1) is 0 Å². The first-order valence-electron chi connectivity index (χ1n) is 6.58. The van der Waals surface area contributed by atoms with Crippen molar-refractivity contribution in [3.8, 4) is 11.1 Å². The summed E-state index contributed by atoms with van der Waals surface area (Å²) in [6.07, 6.45) is 0. The van der Waals surface area contributed by atoms with Gasteiger partial charge in [-0.2, -0.15) is 0 Å². The Kier molecular flexibility index (Phi) is 2.64. The Bertz CT molecular complexity index is 907. The summed E-state index contributed by atoms with van der Waals surface area (Å²) in [6, 6.07) is 23.3. The van der Waals surface area contributed by atoms with Crippen LogP contribution in [0.1, 0.15) is 0 Å². The molecule has 0 aliphatic carbocycles. The van der Waals surface area contributed by atoms with E-state index < -0.39 is 0 Å². The molecular formula is C18H12BrN. The second-order valence-corrected chi connectivity index (χ2v) is 5.82. The topological polar surface area (TPSA) is 15.8 Å². The lowest BCUT2D eigenvalue weighted by Gasteiger charge is -2.03. The number of halogens is 1. The summed E-state index contributed by atoms with van der Waals surface area (Å²) in [7, 11) is 0. The maximum Gasteiger partial charge on any atom is 0.0544 e. The minimum Gasteiger partial charge on any atom is -0.354 e. The van der Waals surface area contributed by atoms with E-state index in [1.165, 1.54) is 32.9 Å². The van der Waals surface area contributed by atoms with Crippen LogP contribution in [0.2, 0.25) is 0 Å². The lowest BCUT2D eigenvalue weighted by molar-refractivity contribution is 1.53. The number of hydrogen-bond acceptors (Lipinski definition) is 0. The van der Waals surface area contributed by atoms with Crippen LogP contribution < -0.4 is 0 Å². The molecule has 1 N–H and O–H groups in total. The monoisotopic (exact) mass is 321 g/mol. The Morgan fingerprint density at radius 2 is 1.60 bits per heavy atom. The van der Waals surface area contributed by atoms with Crippen LogP contribution in [-0.4, -0.2) is 4.98 Å². The van der Waals surface area contributed by atoms with Crippen molar-refractivity contribution in [3.05, 3.63) is 71.2 Å². The summed E-state index contributed by atoms with van der Waals surface area (Å²) in [5, 5.41) is 2.52. The van der Waals surface area contributed by atoms with E-state index in [-0.39, 0.29) is 0 Å². The third-order valence-electron chi connectivity index (χ3n) is 3.68. The molecule has 2 heteroatoms. The van der Waals surface area contributed by atoms with Crippen molar-refractivity contribution in [2.75, 3.05) is 0 Å². The summed E-state index contributed by atoms with van der Waals surface area (Å²) in [6.45, 7) is 0. The van der Waals surface area contributed by atoms with Crippen molar-refractivity contribution < 1.29 is 0 Å². The van der Waals surface area contributed by atoms with Crippen LogP contribution in [0.3, 0.4) is 0 Å². The fourth-order valence-corrected chi connectivity index (χ4v) is 3.11. The zero-order valence-electron chi connectivity index (χ0n) is 10.7. The number of para-hydroxylation sites is 1. The fourth-order valence-electron chi connectivity index (χ4n) is 2.75. The van der Waals surface area contributed by atoms with Gasteiger partial charge in [-0.1, -0.05) is 64.5 Å². The molecule has 0 saturated heterocycles. The average molecular weight is 322 g/mol. The normalized spacial score (nSPS) is 11.2. The number of hydrogen-bond donors (Lipinski definition) is 1. The van der Waals surface area contributed by atoms with Crippen LogP contribution >= 0.6 is 15.9 Å². The van der Waals surface area contributed by atoms with Crippen LogP contribution in [0.25, 0.3) is 32.9 Å². The van der Waals surface area contributed by atoms with Gasteiger partial charge in [-0.3, -0.25) is 0 Å². The SMILES string of the molecule is Brc1ccc2[nH]c3c(-c4ccccc4)cccc3c2c1. The smallest absolute Gasteiger partial charge is 0.0544 e. The zero-order chi connectivity index (χ0) is 13.5. The molecule has 20 heavy (non-hydrogen) atoms. The maximum absolute atomic E-state index is 3.55. The van der Waals surface area contributed by atoms with E-state index in [9.17, 15) is 0 Å². The largest absolute Gasteiger partial charge is 0.354 e. The quantitative estimate of drug-likeness (QED) is 0.459. The van der Waals surface area contributed by atoms with Crippen molar-refractivity contribution in [2.24, 2.45) is 0 Å². The first-order valence-corrected chi connectivity index (χ1v) is 7.37. The Hall–Kier alpha value is -2.06. The molecule has 4 rings (SSSR count). The molecule has 0 atom stereocenters. The minimum atomic E-state index is 1.11. The number of nitrogens with one attached hydrogen (secondary N) is 1. The van der Waals surface area contributed by atoms with E-state index in [2.05, 4.69) is 81.6 Å². The standard InChI is InChI=1S/C18H12BrN/c19-13-9-10-17-16(11-13)15-8-4-7-14(18(15)20-17)12-5-2-1-3-6-12/h1-11,20H. The molecule has 0 amide bonds. The van der Waals surface area contributed by atoms with Crippen molar-refractivity contribution in [1.29, 1.82) is 0 Å². The van der Waals surface area contributed by atoms with E-state index >= 15 is 0 Å². The lowest BCUT2D eigenvalue weighted by Crippen LogP contribution is -1.79. The number of aromatic amines is 1.